The summed E-state index contributed by atoms with van der Waals surface area (Å²) in [4.78, 5) is 11.4. The van der Waals surface area contributed by atoms with Gasteiger partial charge in [-0.25, -0.2) is 4.79 Å². The highest BCUT2D eigenvalue weighted by Gasteiger charge is 2.47. The summed E-state index contributed by atoms with van der Waals surface area (Å²) >= 11 is 0. The van der Waals surface area contributed by atoms with Gasteiger partial charge in [-0.15, -0.1) is 0 Å². The maximum atomic E-state index is 12.4. The SMILES string of the molecule is CCOP(=O)(C[C@@](O)(C[C@@H](O)[C@@H](O)[C@H](O)[C@H](O)CO)C(=O)O)OCC. The first-order chi connectivity index (χ1) is 11.5. The highest BCUT2D eigenvalue weighted by Crippen LogP contribution is 2.51. The van der Waals surface area contributed by atoms with E-state index < -0.39 is 62.8 Å². The summed E-state index contributed by atoms with van der Waals surface area (Å²) in [6, 6.07) is 0. The van der Waals surface area contributed by atoms with Gasteiger partial charge in [0.05, 0.1) is 32.1 Å². The number of aliphatic hydroxyl groups excluding tert-OH is 5. The molecule has 25 heavy (non-hydrogen) atoms. The first-order valence-electron chi connectivity index (χ1n) is 7.63. The summed E-state index contributed by atoms with van der Waals surface area (Å²) in [6.45, 7) is 1.88. The van der Waals surface area contributed by atoms with Crippen LogP contribution in [0.3, 0.4) is 0 Å². The topological polar surface area (TPSA) is 194 Å². The van der Waals surface area contributed by atoms with Gasteiger partial charge in [0.25, 0.3) is 0 Å². The molecule has 150 valence electrons. The molecule has 0 fully saturated rings. The summed E-state index contributed by atoms with van der Waals surface area (Å²) < 4.78 is 22.2. The quantitative estimate of drug-likeness (QED) is 0.170. The van der Waals surface area contributed by atoms with Gasteiger partial charge in [-0.3, -0.25) is 4.57 Å². The van der Waals surface area contributed by atoms with Crippen molar-refractivity contribution in [3.8, 4) is 0 Å². The van der Waals surface area contributed by atoms with Crippen molar-refractivity contribution in [1.29, 1.82) is 0 Å². The van der Waals surface area contributed by atoms with Crippen LogP contribution in [0.25, 0.3) is 0 Å². The number of aliphatic carboxylic acids is 1. The van der Waals surface area contributed by atoms with Crippen LogP contribution in [0.2, 0.25) is 0 Å². The molecular weight excluding hydrogens is 363 g/mol. The van der Waals surface area contributed by atoms with Crippen LogP contribution in [0, 0.1) is 0 Å². The monoisotopic (exact) mass is 390 g/mol. The minimum Gasteiger partial charge on any atom is -0.479 e. The molecule has 0 aliphatic rings. The van der Waals surface area contributed by atoms with Crippen molar-refractivity contribution in [2.45, 2.75) is 50.3 Å². The highest BCUT2D eigenvalue weighted by atomic mass is 31.2. The molecule has 0 saturated carbocycles. The van der Waals surface area contributed by atoms with E-state index >= 15 is 0 Å². The first kappa shape index (κ1) is 24.4. The number of rotatable bonds is 13. The minimum atomic E-state index is -4.01. The lowest BCUT2D eigenvalue weighted by Crippen LogP contribution is -2.52. The number of carbonyl (C=O) groups is 1. The molecule has 12 heteroatoms. The average Bonchev–Trinajstić information content (AvgIpc) is 2.52. The fraction of sp³-hybridized carbons (Fsp3) is 0.923. The highest BCUT2D eigenvalue weighted by molar-refractivity contribution is 7.54. The van der Waals surface area contributed by atoms with E-state index in [1.165, 1.54) is 13.8 Å². The lowest BCUT2D eigenvalue weighted by atomic mass is 9.92. The molecule has 0 radical (unpaired) electrons. The van der Waals surface area contributed by atoms with Crippen molar-refractivity contribution in [3.05, 3.63) is 0 Å². The number of hydrogen-bond acceptors (Lipinski definition) is 10. The van der Waals surface area contributed by atoms with Crippen LogP contribution in [0.1, 0.15) is 20.3 Å². The number of hydrogen-bond donors (Lipinski definition) is 7. The third kappa shape index (κ3) is 7.26. The molecule has 0 spiro atoms. The van der Waals surface area contributed by atoms with E-state index in [4.69, 9.17) is 14.2 Å². The second kappa shape index (κ2) is 10.5. The fourth-order valence-electron chi connectivity index (χ4n) is 2.09. The van der Waals surface area contributed by atoms with E-state index in [1.54, 1.807) is 0 Å². The minimum absolute atomic E-state index is 0.0838. The van der Waals surface area contributed by atoms with Crippen LogP contribution in [-0.4, -0.2) is 97.7 Å². The molecule has 0 amide bonds. The van der Waals surface area contributed by atoms with Crippen LogP contribution in [0.5, 0.6) is 0 Å². The summed E-state index contributed by atoms with van der Waals surface area (Å²) in [5.41, 5.74) is -2.80. The van der Waals surface area contributed by atoms with Gasteiger partial charge in [0.1, 0.15) is 18.3 Å². The molecule has 0 unspecified atom stereocenters. The van der Waals surface area contributed by atoms with Crippen molar-refractivity contribution < 1.29 is 54.2 Å². The van der Waals surface area contributed by atoms with Gasteiger partial charge < -0.3 is 44.8 Å². The standard InChI is InChI=1S/C13H27O11P/c1-3-23-25(22,24-4-2)7-13(21,12(19)20)5-8(15)10(17)11(18)9(16)6-14/h8-11,14-18,21H,3-7H2,1-2H3,(H,19,20)/t8-,9-,10-,11-,13+/m1/s1. The third-order valence-electron chi connectivity index (χ3n) is 3.38. The summed E-state index contributed by atoms with van der Waals surface area (Å²) in [5.74, 6) is -1.85. The van der Waals surface area contributed by atoms with Gasteiger partial charge in [0.2, 0.25) is 0 Å². The molecule has 0 aromatic rings. The van der Waals surface area contributed by atoms with Gasteiger partial charge >= 0.3 is 13.6 Å². The maximum absolute atomic E-state index is 12.4. The molecule has 0 aliphatic heterocycles. The zero-order valence-electron chi connectivity index (χ0n) is 14.1. The lowest BCUT2D eigenvalue weighted by molar-refractivity contribution is -0.165. The van der Waals surface area contributed by atoms with Gasteiger partial charge in [-0.2, -0.15) is 0 Å². The van der Waals surface area contributed by atoms with Crippen LogP contribution in [0.15, 0.2) is 0 Å². The predicted molar refractivity (Wildman–Crippen MR) is 84.0 cm³/mol. The Morgan fingerprint density at radius 1 is 1.04 bits per heavy atom. The Bertz CT molecular complexity index is 449. The van der Waals surface area contributed by atoms with E-state index in [9.17, 15) is 40.0 Å². The smallest absolute Gasteiger partial charge is 0.336 e. The molecule has 5 atom stereocenters. The predicted octanol–water partition coefficient (Wildman–Crippen LogP) is -2.11. The summed E-state index contributed by atoms with van der Waals surface area (Å²) in [7, 11) is -4.01. The fourth-order valence-corrected chi connectivity index (χ4v) is 4.04. The number of aliphatic hydroxyl groups is 6. The lowest BCUT2D eigenvalue weighted by Gasteiger charge is -2.32. The Kier molecular flexibility index (Phi) is 10.2. The maximum Gasteiger partial charge on any atom is 0.336 e. The Morgan fingerprint density at radius 3 is 1.84 bits per heavy atom. The van der Waals surface area contributed by atoms with Crippen molar-refractivity contribution in [2.24, 2.45) is 0 Å². The number of carboxylic acid groups (broad SMARTS) is 1. The second-order valence-electron chi connectivity index (χ2n) is 5.44. The Balaban J connectivity index is 5.32. The zero-order chi connectivity index (χ0) is 19.8. The van der Waals surface area contributed by atoms with E-state index in [-0.39, 0.29) is 13.2 Å². The number of carboxylic acids is 1. The largest absolute Gasteiger partial charge is 0.479 e. The molecule has 0 bridgehead atoms. The Hall–Kier alpha value is -0.620. The van der Waals surface area contributed by atoms with Crippen LogP contribution in [0.4, 0.5) is 0 Å². The molecule has 0 heterocycles. The second-order valence-corrected chi connectivity index (χ2v) is 7.50. The summed E-state index contributed by atoms with van der Waals surface area (Å²) in [5, 5.41) is 66.6. The van der Waals surface area contributed by atoms with E-state index in [0.717, 1.165) is 0 Å². The first-order valence-corrected chi connectivity index (χ1v) is 9.36. The van der Waals surface area contributed by atoms with Crippen molar-refractivity contribution in [2.75, 3.05) is 26.0 Å². The third-order valence-corrected chi connectivity index (χ3v) is 5.59. The van der Waals surface area contributed by atoms with E-state index in [1.807, 2.05) is 0 Å². The van der Waals surface area contributed by atoms with E-state index in [2.05, 4.69) is 0 Å². The molecule has 0 aliphatic carbocycles. The summed E-state index contributed by atoms with van der Waals surface area (Å²) in [6.07, 6.45) is -9.92. The van der Waals surface area contributed by atoms with Gasteiger partial charge in [0.15, 0.2) is 5.60 Å². The van der Waals surface area contributed by atoms with E-state index in [0.29, 0.717) is 0 Å². The molecular formula is C13H27O11P. The molecule has 7 N–H and O–H groups in total. The molecule has 0 rings (SSSR count). The van der Waals surface area contributed by atoms with Crippen molar-refractivity contribution in [1.82, 2.24) is 0 Å². The van der Waals surface area contributed by atoms with Crippen LogP contribution < -0.4 is 0 Å². The van der Waals surface area contributed by atoms with Crippen molar-refractivity contribution in [3.63, 3.8) is 0 Å². The van der Waals surface area contributed by atoms with Crippen molar-refractivity contribution >= 4 is 13.6 Å². The van der Waals surface area contributed by atoms with Gasteiger partial charge in [0, 0.05) is 6.42 Å². The Morgan fingerprint density at radius 2 is 1.48 bits per heavy atom. The molecule has 0 saturated heterocycles. The van der Waals surface area contributed by atoms with Crippen LogP contribution >= 0.6 is 7.60 Å². The van der Waals surface area contributed by atoms with Gasteiger partial charge in [-0.05, 0) is 13.8 Å². The van der Waals surface area contributed by atoms with Crippen LogP contribution in [-0.2, 0) is 18.4 Å². The normalized spacial score (nSPS) is 19.7. The molecule has 11 nitrogen and oxygen atoms in total. The Labute approximate surface area is 145 Å². The average molecular weight is 390 g/mol. The zero-order valence-corrected chi connectivity index (χ0v) is 15.0. The molecule has 0 aromatic heterocycles. The molecule has 0 aromatic carbocycles. The van der Waals surface area contributed by atoms with Gasteiger partial charge in [-0.1, -0.05) is 0 Å².